The van der Waals surface area contributed by atoms with Gasteiger partial charge in [-0.15, -0.1) is 16.4 Å². The number of thiophene rings is 1. The average Bonchev–Trinajstić information content (AvgIpc) is 3.57. The maximum Gasteiger partial charge on any atom is 0.270 e. The maximum absolute atomic E-state index is 13.4. The van der Waals surface area contributed by atoms with Crippen molar-refractivity contribution in [3.8, 4) is 0 Å². The highest BCUT2D eigenvalue weighted by molar-refractivity contribution is 7.20. The van der Waals surface area contributed by atoms with Gasteiger partial charge in [-0.25, -0.2) is 0 Å². The van der Waals surface area contributed by atoms with Gasteiger partial charge in [-0.1, -0.05) is 56.2 Å². The Morgan fingerprint density at radius 3 is 2.38 bits per heavy atom. The summed E-state index contributed by atoms with van der Waals surface area (Å²) < 4.78 is 1.10. The highest BCUT2D eigenvalue weighted by atomic mass is 32.1. The number of rotatable bonds is 6. The molecule has 1 atom stereocenters. The van der Waals surface area contributed by atoms with Crippen molar-refractivity contribution in [2.75, 3.05) is 5.32 Å². The van der Waals surface area contributed by atoms with Gasteiger partial charge >= 0.3 is 0 Å². The van der Waals surface area contributed by atoms with Crippen molar-refractivity contribution in [2.45, 2.75) is 52.5 Å². The van der Waals surface area contributed by atoms with Crippen LogP contribution in [0.25, 0.3) is 10.1 Å². The number of amides is 2. The Morgan fingerprint density at radius 2 is 1.73 bits per heavy atom. The summed E-state index contributed by atoms with van der Waals surface area (Å²) in [5.74, 6) is 0.764. The van der Waals surface area contributed by atoms with E-state index in [1.165, 1.54) is 11.3 Å². The Balaban J connectivity index is 1.37. The van der Waals surface area contributed by atoms with Crippen molar-refractivity contribution < 1.29 is 9.59 Å². The predicted molar refractivity (Wildman–Crippen MR) is 146 cm³/mol. The standard InChI is InChI=1S/C28H32N6O2S/c1-28(2,3)21-14-12-18(13-15-21)24(29-26(36)23-16-20-6-4-5-7-22(20)37-23)17-8-10-19(11-9-17)25(35)30-27-31-33-34-32-27/h4-11,16,18,21,24H,12-15H2,1-3H3,(H,29,36)(H2,30,31,32,33,34,35). The third-order valence-electron chi connectivity index (χ3n) is 7.51. The van der Waals surface area contributed by atoms with E-state index in [1.807, 2.05) is 42.5 Å². The molecule has 8 nitrogen and oxygen atoms in total. The van der Waals surface area contributed by atoms with Gasteiger partial charge in [0.15, 0.2) is 0 Å². The molecule has 0 bridgehead atoms. The number of benzene rings is 2. The van der Waals surface area contributed by atoms with Gasteiger partial charge in [0.2, 0.25) is 0 Å². The van der Waals surface area contributed by atoms with E-state index in [-0.39, 0.29) is 29.2 Å². The molecule has 0 saturated heterocycles. The van der Waals surface area contributed by atoms with E-state index in [1.54, 1.807) is 12.1 Å². The number of nitrogens with one attached hydrogen (secondary N) is 3. The molecule has 1 aliphatic rings. The zero-order chi connectivity index (χ0) is 26.0. The Hall–Kier alpha value is -3.59. The van der Waals surface area contributed by atoms with Crippen LogP contribution in [-0.4, -0.2) is 32.4 Å². The molecule has 1 fully saturated rings. The van der Waals surface area contributed by atoms with Crippen LogP contribution in [0.4, 0.5) is 5.95 Å². The second-order valence-corrected chi connectivity index (χ2v) is 12.0. The first-order chi connectivity index (χ1) is 17.8. The van der Waals surface area contributed by atoms with Crippen LogP contribution in [0.1, 0.15) is 78.1 Å². The molecule has 1 aliphatic carbocycles. The fourth-order valence-corrected chi connectivity index (χ4v) is 6.29. The van der Waals surface area contributed by atoms with Crippen LogP contribution in [0.15, 0.2) is 54.6 Å². The normalized spacial score (nSPS) is 18.9. The first-order valence-electron chi connectivity index (χ1n) is 12.7. The monoisotopic (exact) mass is 516 g/mol. The SMILES string of the molecule is CC(C)(C)C1CCC(C(NC(=O)c2cc3ccccc3s2)c2ccc(C(=O)Nc3nn[nH]n3)cc2)CC1. The summed E-state index contributed by atoms with van der Waals surface area (Å²) in [6.45, 7) is 6.95. The number of hydrogen-bond acceptors (Lipinski definition) is 6. The van der Waals surface area contributed by atoms with Gasteiger partial charge in [-0.3, -0.25) is 14.9 Å². The van der Waals surface area contributed by atoms with Gasteiger partial charge in [0.25, 0.3) is 17.8 Å². The van der Waals surface area contributed by atoms with E-state index in [4.69, 9.17) is 0 Å². The van der Waals surface area contributed by atoms with Gasteiger partial charge in [0.05, 0.1) is 10.9 Å². The van der Waals surface area contributed by atoms with E-state index in [0.29, 0.717) is 22.3 Å². The second kappa shape index (κ2) is 10.4. The first kappa shape index (κ1) is 25.1. The predicted octanol–water partition coefficient (Wildman–Crippen LogP) is 5.99. The number of aromatic amines is 1. The number of carbonyl (C=O) groups excluding carboxylic acids is 2. The van der Waals surface area contributed by atoms with E-state index in [2.05, 4.69) is 52.0 Å². The number of tetrazole rings is 1. The summed E-state index contributed by atoms with van der Waals surface area (Å²) in [6, 6.07) is 17.3. The van der Waals surface area contributed by atoms with Crippen molar-refractivity contribution >= 4 is 39.2 Å². The minimum Gasteiger partial charge on any atom is -0.344 e. The molecule has 37 heavy (non-hydrogen) atoms. The molecular formula is C28H32N6O2S. The number of H-pyrrole nitrogens is 1. The summed E-state index contributed by atoms with van der Waals surface area (Å²) in [4.78, 5) is 26.7. The molecule has 2 aromatic heterocycles. The fraction of sp³-hybridized carbons (Fsp3) is 0.393. The molecule has 9 heteroatoms. The highest BCUT2D eigenvalue weighted by Gasteiger charge is 2.34. The lowest BCUT2D eigenvalue weighted by Crippen LogP contribution is -2.36. The van der Waals surface area contributed by atoms with Crippen LogP contribution in [0.5, 0.6) is 0 Å². The molecule has 2 heterocycles. The third kappa shape index (κ3) is 5.72. The Morgan fingerprint density at radius 1 is 1.00 bits per heavy atom. The zero-order valence-electron chi connectivity index (χ0n) is 21.3. The lowest BCUT2D eigenvalue weighted by molar-refractivity contribution is 0.0885. The Labute approximate surface area is 220 Å². The highest BCUT2D eigenvalue weighted by Crippen LogP contribution is 2.43. The van der Waals surface area contributed by atoms with Gasteiger partial charge in [-0.2, -0.15) is 5.21 Å². The first-order valence-corrected chi connectivity index (χ1v) is 13.5. The minimum absolute atomic E-state index is 0.0527. The van der Waals surface area contributed by atoms with E-state index < -0.39 is 0 Å². The quantitative estimate of drug-likeness (QED) is 0.291. The van der Waals surface area contributed by atoms with Gasteiger partial charge in [0.1, 0.15) is 0 Å². The Bertz CT molecular complexity index is 1330. The van der Waals surface area contributed by atoms with Crippen molar-refractivity contribution in [3.05, 3.63) is 70.6 Å². The van der Waals surface area contributed by atoms with Crippen LogP contribution >= 0.6 is 11.3 Å². The molecule has 4 aromatic rings. The van der Waals surface area contributed by atoms with Gasteiger partial charge in [-0.05, 0) is 83.4 Å². The average molecular weight is 517 g/mol. The summed E-state index contributed by atoms with van der Waals surface area (Å²) in [5, 5.41) is 20.3. The van der Waals surface area contributed by atoms with E-state index in [9.17, 15) is 9.59 Å². The number of hydrogen-bond donors (Lipinski definition) is 3. The second-order valence-electron chi connectivity index (χ2n) is 10.9. The number of nitrogens with zero attached hydrogens (tertiary/aromatic N) is 3. The number of fused-ring (bicyclic) bond motifs is 1. The van der Waals surface area contributed by atoms with E-state index >= 15 is 0 Å². The number of aromatic nitrogens is 4. The topological polar surface area (TPSA) is 113 Å². The summed E-state index contributed by atoms with van der Waals surface area (Å²) in [5.41, 5.74) is 1.78. The van der Waals surface area contributed by atoms with Crippen molar-refractivity contribution in [1.29, 1.82) is 0 Å². The van der Waals surface area contributed by atoms with Crippen molar-refractivity contribution in [1.82, 2.24) is 25.9 Å². The molecule has 2 aromatic carbocycles. The number of anilines is 1. The van der Waals surface area contributed by atoms with Crippen LogP contribution in [0.3, 0.4) is 0 Å². The third-order valence-corrected chi connectivity index (χ3v) is 8.62. The van der Waals surface area contributed by atoms with Gasteiger partial charge < -0.3 is 5.32 Å². The molecule has 2 amide bonds. The maximum atomic E-state index is 13.4. The molecule has 0 radical (unpaired) electrons. The molecule has 1 saturated carbocycles. The molecule has 3 N–H and O–H groups in total. The lowest BCUT2D eigenvalue weighted by atomic mass is 9.68. The largest absolute Gasteiger partial charge is 0.344 e. The minimum atomic E-state index is -0.315. The summed E-state index contributed by atoms with van der Waals surface area (Å²) in [6.07, 6.45) is 4.40. The molecular weight excluding hydrogens is 484 g/mol. The number of carbonyl (C=O) groups is 2. The smallest absolute Gasteiger partial charge is 0.270 e. The fourth-order valence-electron chi connectivity index (χ4n) is 5.33. The van der Waals surface area contributed by atoms with Gasteiger partial charge in [0, 0.05) is 10.3 Å². The summed E-state index contributed by atoms with van der Waals surface area (Å²) in [7, 11) is 0. The van der Waals surface area contributed by atoms with Crippen molar-refractivity contribution in [3.63, 3.8) is 0 Å². The molecule has 1 unspecified atom stereocenters. The molecule has 0 spiro atoms. The van der Waals surface area contributed by atoms with Crippen molar-refractivity contribution in [2.24, 2.45) is 17.3 Å². The van der Waals surface area contributed by atoms with E-state index in [0.717, 1.165) is 41.3 Å². The lowest BCUT2D eigenvalue weighted by Gasteiger charge is -2.39. The molecule has 192 valence electrons. The van der Waals surface area contributed by atoms with Crippen LogP contribution in [-0.2, 0) is 0 Å². The van der Waals surface area contributed by atoms with Crippen LogP contribution in [0.2, 0.25) is 0 Å². The van der Waals surface area contributed by atoms with Crippen LogP contribution in [0, 0.1) is 17.3 Å². The van der Waals surface area contributed by atoms with Crippen LogP contribution < -0.4 is 10.6 Å². The Kier molecular flexibility index (Phi) is 7.06. The molecule has 5 rings (SSSR count). The zero-order valence-corrected chi connectivity index (χ0v) is 22.1. The molecule has 0 aliphatic heterocycles. The summed E-state index contributed by atoms with van der Waals surface area (Å²) >= 11 is 1.52.